The predicted molar refractivity (Wildman–Crippen MR) is 99.8 cm³/mol. The van der Waals surface area contributed by atoms with Crippen LogP contribution in [-0.2, 0) is 0 Å². The van der Waals surface area contributed by atoms with Gasteiger partial charge >= 0.3 is 0 Å². The van der Waals surface area contributed by atoms with Crippen molar-refractivity contribution >= 4 is 22.5 Å². The van der Waals surface area contributed by atoms with Crippen molar-refractivity contribution < 1.29 is 9.18 Å². The van der Waals surface area contributed by atoms with Crippen LogP contribution < -0.4 is 5.32 Å². The number of rotatable bonds is 3. The maximum Gasteiger partial charge on any atom is 0.275 e. The van der Waals surface area contributed by atoms with Crippen molar-refractivity contribution in [3.63, 3.8) is 0 Å². The first-order valence-electron chi connectivity index (χ1n) is 8.86. The Labute approximate surface area is 151 Å². The summed E-state index contributed by atoms with van der Waals surface area (Å²) in [6.45, 7) is 3.33. The number of aromatic amines is 1. The molecular weight excluding hydrogens is 331 g/mol. The van der Waals surface area contributed by atoms with Crippen molar-refractivity contribution in [1.82, 2.24) is 15.1 Å². The van der Waals surface area contributed by atoms with Crippen LogP contribution in [-0.4, -0.2) is 40.1 Å². The summed E-state index contributed by atoms with van der Waals surface area (Å²) in [5.41, 5.74) is 3.32. The lowest BCUT2D eigenvalue weighted by Gasteiger charge is -2.33. The maximum absolute atomic E-state index is 13.1. The highest BCUT2D eigenvalue weighted by atomic mass is 19.1. The summed E-state index contributed by atoms with van der Waals surface area (Å²) < 4.78 is 13.1. The molecular formula is C20H21FN4O. The predicted octanol–water partition coefficient (Wildman–Crippen LogP) is 3.73. The molecule has 134 valence electrons. The number of fused-ring (bicyclic) bond motifs is 1. The number of amides is 1. The molecule has 0 spiro atoms. The molecule has 3 aromatic rings. The summed E-state index contributed by atoms with van der Waals surface area (Å²) in [6, 6.07) is 12.4. The molecule has 1 amide bonds. The fourth-order valence-electron chi connectivity index (χ4n) is 3.50. The fourth-order valence-corrected chi connectivity index (χ4v) is 3.50. The van der Waals surface area contributed by atoms with E-state index in [1.807, 2.05) is 30.0 Å². The lowest BCUT2D eigenvalue weighted by Crippen LogP contribution is -2.45. The van der Waals surface area contributed by atoms with E-state index < -0.39 is 0 Å². The molecule has 1 saturated heterocycles. The molecule has 0 saturated carbocycles. The standard InChI is InChI=1S/C20H21FN4O/c1-13-4-9-18-17(11-13)19(24-23-18)20(26)25-10-2-3-16(12-25)22-15-7-5-14(21)6-8-15/h4-9,11,16,22H,2-3,10,12H2,1H3,(H,23,24). The molecule has 5 nitrogen and oxygen atoms in total. The van der Waals surface area contributed by atoms with Gasteiger partial charge in [0.2, 0.25) is 0 Å². The minimum atomic E-state index is -0.253. The normalized spacial score (nSPS) is 17.5. The number of carbonyl (C=O) groups excluding carboxylic acids is 1. The van der Waals surface area contributed by atoms with Crippen LogP contribution in [0.25, 0.3) is 10.9 Å². The van der Waals surface area contributed by atoms with E-state index >= 15 is 0 Å². The third-order valence-electron chi connectivity index (χ3n) is 4.84. The van der Waals surface area contributed by atoms with Crippen molar-refractivity contribution in [2.75, 3.05) is 18.4 Å². The third kappa shape index (κ3) is 3.27. The molecule has 26 heavy (non-hydrogen) atoms. The van der Waals surface area contributed by atoms with Gasteiger partial charge in [-0.1, -0.05) is 11.6 Å². The number of hydrogen-bond acceptors (Lipinski definition) is 3. The molecule has 6 heteroatoms. The summed E-state index contributed by atoms with van der Waals surface area (Å²) >= 11 is 0. The summed E-state index contributed by atoms with van der Waals surface area (Å²) in [5, 5.41) is 11.5. The van der Waals surface area contributed by atoms with Crippen LogP contribution in [0.1, 0.15) is 28.9 Å². The number of carbonyl (C=O) groups is 1. The Morgan fingerprint density at radius 1 is 1.27 bits per heavy atom. The molecule has 0 bridgehead atoms. The Bertz CT molecular complexity index is 935. The van der Waals surface area contributed by atoms with E-state index in [0.29, 0.717) is 12.2 Å². The molecule has 0 radical (unpaired) electrons. The van der Waals surface area contributed by atoms with Gasteiger partial charge in [-0.05, 0) is 56.2 Å². The van der Waals surface area contributed by atoms with E-state index in [1.54, 1.807) is 12.1 Å². The van der Waals surface area contributed by atoms with E-state index in [0.717, 1.165) is 41.5 Å². The summed E-state index contributed by atoms with van der Waals surface area (Å²) in [5.74, 6) is -0.302. The number of likely N-dealkylation sites (tertiary alicyclic amines) is 1. The Morgan fingerprint density at radius 3 is 2.88 bits per heavy atom. The van der Waals surface area contributed by atoms with Crippen LogP contribution in [0.4, 0.5) is 10.1 Å². The summed E-state index contributed by atoms with van der Waals surface area (Å²) in [4.78, 5) is 14.8. The van der Waals surface area contributed by atoms with Gasteiger partial charge in [0.05, 0.1) is 5.52 Å². The molecule has 1 fully saturated rings. The van der Waals surface area contributed by atoms with Crippen LogP contribution in [0, 0.1) is 12.7 Å². The second-order valence-corrected chi connectivity index (χ2v) is 6.86. The number of nitrogens with one attached hydrogen (secondary N) is 2. The van der Waals surface area contributed by atoms with Gasteiger partial charge in [0.25, 0.3) is 5.91 Å². The second-order valence-electron chi connectivity index (χ2n) is 6.86. The first-order chi connectivity index (χ1) is 12.6. The minimum absolute atomic E-state index is 0.0487. The molecule has 1 aliphatic rings. The zero-order chi connectivity index (χ0) is 18.1. The van der Waals surface area contributed by atoms with Crippen molar-refractivity contribution in [1.29, 1.82) is 0 Å². The number of halogens is 1. The number of aromatic nitrogens is 2. The second kappa shape index (κ2) is 6.78. The largest absolute Gasteiger partial charge is 0.381 e. The van der Waals surface area contributed by atoms with Gasteiger partial charge in [0.15, 0.2) is 5.69 Å². The number of H-pyrrole nitrogens is 1. The fraction of sp³-hybridized carbons (Fsp3) is 0.300. The van der Waals surface area contributed by atoms with Gasteiger partial charge in [0, 0.05) is 30.2 Å². The van der Waals surface area contributed by atoms with Crippen LogP contribution in [0.5, 0.6) is 0 Å². The zero-order valence-corrected chi connectivity index (χ0v) is 14.6. The van der Waals surface area contributed by atoms with E-state index in [-0.39, 0.29) is 17.8 Å². The lowest BCUT2D eigenvalue weighted by molar-refractivity contribution is 0.0711. The van der Waals surface area contributed by atoms with Gasteiger partial charge in [-0.15, -0.1) is 0 Å². The molecule has 2 N–H and O–H groups in total. The topological polar surface area (TPSA) is 61.0 Å². The third-order valence-corrected chi connectivity index (χ3v) is 4.84. The summed E-state index contributed by atoms with van der Waals surface area (Å²) in [6.07, 6.45) is 1.90. The maximum atomic E-state index is 13.1. The molecule has 1 unspecified atom stereocenters. The highest BCUT2D eigenvalue weighted by Gasteiger charge is 2.27. The van der Waals surface area contributed by atoms with Crippen LogP contribution in [0.3, 0.4) is 0 Å². The summed E-state index contributed by atoms with van der Waals surface area (Å²) in [7, 11) is 0. The van der Waals surface area contributed by atoms with E-state index in [9.17, 15) is 9.18 Å². The quantitative estimate of drug-likeness (QED) is 0.755. The number of anilines is 1. The van der Waals surface area contributed by atoms with E-state index in [4.69, 9.17) is 0 Å². The molecule has 0 aliphatic carbocycles. The number of hydrogen-bond donors (Lipinski definition) is 2. The van der Waals surface area contributed by atoms with Crippen molar-refractivity contribution in [2.45, 2.75) is 25.8 Å². The monoisotopic (exact) mass is 352 g/mol. The zero-order valence-electron chi connectivity index (χ0n) is 14.6. The molecule has 4 rings (SSSR count). The molecule has 2 heterocycles. The lowest BCUT2D eigenvalue weighted by atomic mass is 10.0. The average Bonchev–Trinajstić information content (AvgIpc) is 3.06. The number of benzene rings is 2. The van der Waals surface area contributed by atoms with E-state index in [1.165, 1.54) is 12.1 Å². The van der Waals surface area contributed by atoms with Gasteiger partial charge in [-0.3, -0.25) is 9.89 Å². The number of nitrogens with zero attached hydrogens (tertiary/aromatic N) is 2. The van der Waals surface area contributed by atoms with Gasteiger partial charge < -0.3 is 10.2 Å². The van der Waals surface area contributed by atoms with E-state index in [2.05, 4.69) is 15.5 Å². The number of piperidine rings is 1. The van der Waals surface area contributed by atoms with Crippen molar-refractivity contribution in [3.8, 4) is 0 Å². The molecule has 1 aliphatic heterocycles. The minimum Gasteiger partial charge on any atom is -0.381 e. The van der Waals surface area contributed by atoms with Crippen LogP contribution in [0.2, 0.25) is 0 Å². The molecule has 2 aromatic carbocycles. The molecule has 1 aromatic heterocycles. The SMILES string of the molecule is Cc1ccc2[nH]nc(C(=O)N3CCCC(Nc4ccc(F)cc4)C3)c2c1. The Morgan fingerprint density at radius 2 is 2.08 bits per heavy atom. The first-order valence-corrected chi connectivity index (χ1v) is 8.86. The van der Waals surface area contributed by atoms with Crippen LogP contribution in [0.15, 0.2) is 42.5 Å². The van der Waals surface area contributed by atoms with Crippen LogP contribution >= 0.6 is 0 Å². The van der Waals surface area contributed by atoms with Gasteiger partial charge in [-0.2, -0.15) is 5.10 Å². The van der Waals surface area contributed by atoms with Crippen molar-refractivity contribution in [3.05, 3.63) is 59.5 Å². The Balaban J connectivity index is 1.50. The van der Waals surface area contributed by atoms with Gasteiger partial charge in [0.1, 0.15) is 5.82 Å². The Kier molecular flexibility index (Phi) is 4.32. The highest BCUT2D eigenvalue weighted by molar-refractivity contribution is 6.04. The first kappa shape index (κ1) is 16.6. The van der Waals surface area contributed by atoms with Crippen molar-refractivity contribution in [2.24, 2.45) is 0 Å². The Hall–Kier alpha value is -2.89. The smallest absolute Gasteiger partial charge is 0.275 e. The molecule has 1 atom stereocenters. The van der Waals surface area contributed by atoms with Gasteiger partial charge in [-0.25, -0.2) is 4.39 Å². The average molecular weight is 352 g/mol. The number of aryl methyl sites for hydroxylation is 1. The highest BCUT2D eigenvalue weighted by Crippen LogP contribution is 2.22.